The van der Waals surface area contributed by atoms with Crippen molar-refractivity contribution in [1.29, 1.82) is 0 Å². The number of nitrogens with zero attached hydrogens (tertiary/aromatic N) is 4. The zero-order chi connectivity index (χ0) is 26.1. The molecule has 4 aromatic rings. The van der Waals surface area contributed by atoms with Crippen LogP contribution in [0, 0.1) is 66.7 Å². The van der Waals surface area contributed by atoms with Gasteiger partial charge in [0.2, 0.25) is 0 Å². The molecule has 10 heteroatoms. The number of carbonyl (C=O) groups excluding carboxylic acids is 2. The Balaban J connectivity index is 0.000000217. The normalized spacial score (nSPS) is 14.5. The molecule has 1 aromatic carbocycles. The molecule has 8 nitrogen and oxygen atoms in total. The molecule has 1 saturated heterocycles. The van der Waals surface area contributed by atoms with Gasteiger partial charge in [0.15, 0.2) is 0 Å². The van der Waals surface area contributed by atoms with Gasteiger partial charge in [-0.25, -0.2) is 22.3 Å². The summed E-state index contributed by atoms with van der Waals surface area (Å²) in [7, 11) is 2.20. The predicted octanol–water partition coefficient (Wildman–Crippen LogP) is 4.54. The number of fused-ring (bicyclic) bond motifs is 2. The summed E-state index contributed by atoms with van der Waals surface area (Å²) in [5, 5.41) is 3.70. The van der Waals surface area contributed by atoms with E-state index in [0.717, 1.165) is 6.42 Å². The number of para-hydroxylation sites is 1. The van der Waals surface area contributed by atoms with Crippen LogP contribution >= 0.6 is 11.3 Å². The first-order valence-corrected chi connectivity index (χ1v) is 12.8. The van der Waals surface area contributed by atoms with E-state index in [1.165, 1.54) is 41.2 Å². The van der Waals surface area contributed by atoms with Gasteiger partial charge in [-0.1, -0.05) is 19.1 Å². The van der Waals surface area contributed by atoms with Crippen molar-refractivity contribution < 1.29 is 56.5 Å². The summed E-state index contributed by atoms with van der Waals surface area (Å²) in [6.07, 6.45) is 8.59. The van der Waals surface area contributed by atoms with Crippen LogP contribution in [0.2, 0.25) is 0 Å². The molecule has 37 heavy (non-hydrogen) atoms. The number of benzene rings is 1. The fraction of sp³-hybridized carbons (Fsp3) is 0.333. The summed E-state index contributed by atoms with van der Waals surface area (Å²) in [6.45, 7) is 11.8. The van der Waals surface area contributed by atoms with Crippen LogP contribution in [0.15, 0.2) is 55.0 Å². The number of nitrogens with one attached hydrogen (secondary N) is 1. The third kappa shape index (κ3) is 9.80. The van der Waals surface area contributed by atoms with E-state index >= 15 is 0 Å². The van der Waals surface area contributed by atoms with E-state index in [1.54, 1.807) is 35.1 Å². The molecule has 1 fully saturated rings. The first kappa shape index (κ1) is 31.4. The molecule has 1 unspecified atom stereocenters. The van der Waals surface area contributed by atoms with Crippen LogP contribution in [-0.2, 0) is 9.59 Å². The van der Waals surface area contributed by atoms with Crippen molar-refractivity contribution in [3.05, 3.63) is 73.8 Å². The molecule has 1 aliphatic rings. The van der Waals surface area contributed by atoms with Crippen LogP contribution in [0.1, 0.15) is 37.1 Å². The monoisotopic (exact) mass is 680 g/mol. The number of amides is 2. The van der Waals surface area contributed by atoms with Crippen LogP contribution in [0.25, 0.3) is 15.9 Å². The second-order valence-electron chi connectivity index (χ2n) is 8.92. The Morgan fingerprint density at radius 1 is 1.22 bits per heavy atom. The molecule has 5 rings (SSSR count). The molecule has 2 amide bonds. The maximum atomic E-state index is 11.0. The summed E-state index contributed by atoms with van der Waals surface area (Å²) in [6, 6.07) is 11.7. The SMILES string of the molecule is CN1CCC(c2nc3ccccc3s2)CC1.NC(=O)C(=O)Nc1ccn2ccnc2c1.[CH2-]CC([CH2-])C.[Yb+2]. The maximum Gasteiger partial charge on any atom is 2.00 e. The number of thiazole rings is 1. The number of likely N-dealkylation sites (tertiary alicyclic amines) is 1. The predicted molar refractivity (Wildman–Crippen MR) is 147 cm³/mol. The van der Waals surface area contributed by atoms with Gasteiger partial charge in [0.05, 0.1) is 15.2 Å². The third-order valence-electron chi connectivity index (χ3n) is 5.75. The Bertz CT molecular complexity index is 1250. The number of piperidine rings is 1. The van der Waals surface area contributed by atoms with E-state index in [2.05, 4.69) is 60.4 Å². The number of hydrogen-bond donors (Lipinski definition) is 2. The van der Waals surface area contributed by atoms with Gasteiger partial charge in [-0.15, -0.1) is 11.3 Å². The zero-order valence-corrected chi connectivity index (χ0v) is 23.7. The molecule has 0 bridgehead atoms. The van der Waals surface area contributed by atoms with E-state index < -0.39 is 11.8 Å². The number of primary amides is 1. The zero-order valence-electron chi connectivity index (χ0n) is 21.2. The molecule has 3 aromatic heterocycles. The molecule has 0 spiro atoms. The molecular weight excluding hydrogens is 645 g/mol. The first-order chi connectivity index (χ1) is 17.3. The van der Waals surface area contributed by atoms with E-state index in [0.29, 0.717) is 23.2 Å². The molecular formula is C27H34N6O2SYb. The van der Waals surface area contributed by atoms with Gasteiger partial charge in [0.1, 0.15) is 5.65 Å². The van der Waals surface area contributed by atoms with E-state index in [4.69, 9.17) is 10.7 Å². The van der Waals surface area contributed by atoms with Crippen molar-refractivity contribution in [3.63, 3.8) is 0 Å². The summed E-state index contributed by atoms with van der Waals surface area (Å²) in [5.74, 6) is -0.646. The summed E-state index contributed by atoms with van der Waals surface area (Å²) in [5.41, 5.74) is 7.13. The Hall–Kier alpha value is -1.78. The quantitative estimate of drug-likeness (QED) is 0.245. The molecule has 3 N–H and O–H groups in total. The smallest absolute Gasteiger partial charge is 0.361 e. The van der Waals surface area contributed by atoms with Gasteiger partial charge in [-0.05, 0) is 51.2 Å². The topological polar surface area (TPSA) is 106 Å². The van der Waals surface area contributed by atoms with Gasteiger partial charge in [-0.3, -0.25) is 9.59 Å². The van der Waals surface area contributed by atoms with Crippen molar-refractivity contribution in [2.45, 2.75) is 32.1 Å². The van der Waals surface area contributed by atoms with Crippen LogP contribution in [0.3, 0.4) is 0 Å². The molecule has 204 valence electrons. The summed E-state index contributed by atoms with van der Waals surface area (Å²) in [4.78, 5) is 32.7. The minimum atomic E-state index is -1.02. The third-order valence-corrected chi connectivity index (χ3v) is 6.95. The molecule has 0 aliphatic carbocycles. The number of aromatic nitrogens is 3. The Morgan fingerprint density at radius 2 is 1.89 bits per heavy atom. The average molecular weight is 680 g/mol. The molecule has 0 radical (unpaired) electrons. The Kier molecular flexibility index (Phi) is 13.2. The fourth-order valence-electron chi connectivity index (χ4n) is 3.50. The van der Waals surface area contributed by atoms with Crippen LogP contribution in [0.4, 0.5) is 5.69 Å². The van der Waals surface area contributed by atoms with Gasteiger partial charge in [-0.2, -0.15) is 0 Å². The fourth-order valence-corrected chi connectivity index (χ4v) is 4.64. The van der Waals surface area contributed by atoms with Crippen molar-refractivity contribution >= 4 is 44.7 Å². The molecule has 0 saturated carbocycles. The number of hydrogen-bond acceptors (Lipinski definition) is 6. The van der Waals surface area contributed by atoms with Gasteiger partial charge >= 0.3 is 58.7 Å². The van der Waals surface area contributed by atoms with Crippen molar-refractivity contribution in [3.8, 4) is 0 Å². The second kappa shape index (κ2) is 15.6. The van der Waals surface area contributed by atoms with Gasteiger partial charge in [0, 0.05) is 36.3 Å². The Labute approximate surface area is 261 Å². The van der Waals surface area contributed by atoms with Crippen LogP contribution < -0.4 is 11.1 Å². The number of rotatable bonds is 3. The van der Waals surface area contributed by atoms with Gasteiger partial charge < -0.3 is 34.2 Å². The summed E-state index contributed by atoms with van der Waals surface area (Å²) >= 11 is 1.88. The number of imidazole rings is 1. The average Bonchev–Trinajstić information content (AvgIpc) is 3.52. The first-order valence-electron chi connectivity index (χ1n) is 12.0. The number of pyridine rings is 1. The largest absolute Gasteiger partial charge is 2.00 e. The van der Waals surface area contributed by atoms with E-state index in [9.17, 15) is 9.59 Å². The maximum absolute atomic E-state index is 11.0. The van der Waals surface area contributed by atoms with Crippen LogP contribution in [-0.4, -0.2) is 51.2 Å². The number of anilines is 1. The minimum Gasteiger partial charge on any atom is -0.361 e. The standard InChI is InChI=1S/C13H16N2S.C9H8N4O2.C5H10.Yb/c1-15-8-6-10(7-9-15)13-14-11-4-2-3-5-12(11)16-13;10-8(14)9(15)12-6-1-3-13-4-2-11-7(13)5-6;1-4-5(2)3;/h2-5,10H,6-9H2,1H3;1-5H,(H2,10,14)(H,12,15);5H,1-2,4H2,3H3;/q;;-2;+2. The second-order valence-corrected chi connectivity index (χ2v) is 9.98. The summed E-state index contributed by atoms with van der Waals surface area (Å²) < 4.78 is 3.11. The molecule has 1 aliphatic heterocycles. The number of carbonyl (C=O) groups is 2. The van der Waals surface area contributed by atoms with Crippen molar-refractivity contribution in [1.82, 2.24) is 19.3 Å². The number of nitrogens with two attached hydrogens (primary N) is 1. The van der Waals surface area contributed by atoms with E-state index in [1.807, 2.05) is 18.3 Å². The molecule has 1 atom stereocenters. The van der Waals surface area contributed by atoms with Crippen molar-refractivity contribution in [2.75, 3.05) is 25.5 Å². The van der Waals surface area contributed by atoms with Gasteiger partial charge in [0.25, 0.3) is 0 Å². The van der Waals surface area contributed by atoms with Crippen molar-refractivity contribution in [2.24, 2.45) is 11.7 Å². The van der Waals surface area contributed by atoms with E-state index in [-0.39, 0.29) is 46.9 Å². The molecule has 4 heterocycles. The van der Waals surface area contributed by atoms with Crippen LogP contribution in [0.5, 0.6) is 0 Å². The Morgan fingerprint density at radius 3 is 2.51 bits per heavy atom. The minimum absolute atomic E-state index is 0.